The highest BCUT2D eigenvalue weighted by Crippen LogP contribution is 2.29. The van der Waals surface area contributed by atoms with E-state index in [1.54, 1.807) is 0 Å². The summed E-state index contributed by atoms with van der Waals surface area (Å²) in [5.74, 6) is 0.257. The fourth-order valence-electron chi connectivity index (χ4n) is 2.68. The van der Waals surface area contributed by atoms with Crippen LogP contribution in [0.25, 0.3) is 10.8 Å². The van der Waals surface area contributed by atoms with Crippen LogP contribution in [0.1, 0.15) is 17.0 Å². The lowest BCUT2D eigenvalue weighted by atomic mass is 9.88. The first-order valence-electron chi connectivity index (χ1n) is 6.63. The molecule has 1 atom stereocenters. The van der Waals surface area contributed by atoms with Gasteiger partial charge in [-0.1, -0.05) is 72.8 Å². The minimum absolute atomic E-state index is 0.257. The Labute approximate surface area is 113 Å². The van der Waals surface area contributed by atoms with Crippen molar-refractivity contribution in [2.24, 2.45) is 5.73 Å². The fraction of sp³-hybridized carbons (Fsp3) is 0.111. The molecule has 0 aliphatic rings. The van der Waals surface area contributed by atoms with Gasteiger partial charge in [-0.05, 0) is 21.9 Å². The van der Waals surface area contributed by atoms with Crippen LogP contribution in [0.5, 0.6) is 0 Å². The molecular formula is C18H17N. The summed E-state index contributed by atoms with van der Waals surface area (Å²) < 4.78 is 0. The zero-order chi connectivity index (χ0) is 13.1. The molecule has 94 valence electrons. The number of fused-ring (bicyclic) bond motifs is 1. The summed E-state index contributed by atoms with van der Waals surface area (Å²) in [6.45, 7) is 0.623. The molecule has 1 unspecified atom stereocenters. The lowest BCUT2D eigenvalue weighted by molar-refractivity contribution is 0.826. The van der Waals surface area contributed by atoms with E-state index in [0.717, 1.165) is 0 Å². The first-order chi connectivity index (χ1) is 9.40. The Bertz CT molecular complexity index is 668. The van der Waals surface area contributed by atoms with Crippen LogP contribution in [0.2, 0.25) is 0 Å². The molecule has 3 aromatic carbocycles. The molecule has 3 rings (SSSR count). The number of benzene rings is 3. The second-order valence-corrected chi connectivity index (χ2v) is 4.77. The van der Waals surface area contributed by atoms with Gasteiger partial charge in [0.1, 0.15) is 0 Å². The van der Waals surface area contributed by atoms with Crippen LogP contribution in [0.4, 0.5) is 0 Å². The van der Waals surface area contributed by atoms with Gasteiger partial charge in [0.2, 0.25) is 0 Å². The lowest BCUT2D eigenvalue weighted by Crippen LogP contribution is -2.14. The van der Waals surface area contributed by atoms with Crippen LogP contribution in [-0.4, -0.2) is 6.54 Å². The fourth-order valence-corrected chi connectivity index (χ4v) is 2.68. The normalized spacial score (nSPS) is 12.5. The Kier molecular flexibility index (Phi) is 3.30. The van der Waals surface area contributed by atoms with E-state index < -0.39 is 0 Å². The van der Waals surface area contributed by atoms with Crippen molar-refractivity contribution in [3.05, 3.63) is 83.9 Å². The average Bonchev–Trinajstić information content (AvgIpc) is 2.49. The molecule has 0 heterocycles. The number of hydrogen-bond donors (Lipinski definition) is 1. The van der Waals surface area contributed by atoms with Crippen LogP contribution >= 0.6 is 0 Å². The summed E-state index contributed by atoms with van der Waals surface area (Å²) in [6, 6.07) is 25.4. The molecule has 2 N–H and O–H groups in total. The van der Waals surface area contributed by atoms with Gasteiger partial charge >= 0.3 is 0 Å². The van der Waals surface area contributed by atoms with Gasteiger partial charge < -0.3 is 5.73 Å². The van der Waals surface area contributed by atoms with Crippen LogP contribution in [0.3, 0.4) is 0 Å². The van der Waals surface area contributed by atoms with Crippen molar-refractivity contribution < 1.29 is 0 Å². The van der Waals surface area contributed by atoms with Crippen molar-refractivity contribution in [2.45, 2.75) is 5.92 Å². The monoisotopic (exact) mass is 247 g/mol. The van der Waals surface area contributed by atoms with Gasteiger partial charge in [0.15, 0.2) is 0 Å². The first-order valence-corrected chi connectivity index (χ1v) is 6.63. The van der Waals surface area contributed by atoms with Gasteiger partial charge in [-0.25, -0.2) is 0 Å². The van der Waals surface area contributed by atoms with Gasteiger partial charge in [0.25, 0.3) is 0 Å². The SMILES string of the molecule is NCC(c1ccccc1)c1cccc2ccccc12. The third-order valence-corrected chi connectivity index (χ3v) is 3.64. The molecule has 1 nitrogen and oxygen atoms in total. The van der Waals surface area contributed by atoms with Gasteiger partial charge in [-0.15, -0.1) is 0 Å². The maximum atomic E-state index is 6.03. The zero-order valence-corrected chi connectivity index (χ0v) is 10.8. The van der Waals surface area contributed by atoms with Crippen molar-refractivity contribution in [1.82, 2.24) is 0 Å². The molecular weight excluding hydrogens is 230 g/mol. The van der Waals surface area contributed by atoms with Gasteiger partial charge in [-0.3, -0.25) is 0 Å². The topological polar surface area (TPSA) is 26.0 Å². The van der Waals surface area contributed by atoms with Crippen LogP contribution < -0.4 is 5.73 Å². The van der Waals surface area contributed by atoms with Crippen LogP contribution in [0, 0.1) is 0 Å². The zero-order valence-electron chi connectivity index (χ0n) is 10.8. The third kappa shape index (κ3) is 2.25. The second-order valence-electron chi connectivity index (χ2n) is 4.77. The number of rotatable bonds is 3. The molecule has 0 amide bonds. The summed E-state index contributed by atoms with van der Waals surface area (Å²) in [4.78, 5) is 0. The van der Waals surface area contributed by atoms with E-state index in [-0.39, 0.29) is 5.92 Å². The molecule has 0 fully saturated rings. The van der Waals surface area contributed by atoms with Crippen molar-refractivity contribution >= 4 is 10.8 Å². The first kappa shape index (κ1) is 11.9. The average molecular weight is 247 g/mol. The Morgan fingerprint density at radius 1 is 0.737 bits per heavy atom. The summed E-state index contributed by atoms with van der Waals surface area (Å²) >= 11 is 0. The molecule has 0 aliphatic carbocycles. The summed E-state index contributed by atoms with van der Waals surface area (Å²) in [7, 11) is 0. The van der Waals surface area contributed by atoms with Crippen LogP contribution in [0.15, 0.2) is 72.8 Å². The van der Waals surface area contributed by atoms with Gasteiger partial charge in [0.05, 0.1) is 0 Å². The molecule has 19 heavy (non-hydrogen) atoms. The van der Waals surface area contributed by atoms with Crippen molar-refractivity contribution in [1.29, 1.82) is 0 Å². The smallest absolute Gasteiger partial charge is 0.0218 e. The minimum atomic E-state index is 0.257. The van der Waals surface area contributed by atoms with Gasteiger partial charge in [0, 0.05) is 12.5 Å². The Balaban J connectivity index is 2.17. The molecule has 0 saturated heterocycles. The quantitative estimate of drug-likeness (QED) is 0.745. The highest BCUT2D eigenvalue weighted by atomic mass is 14.5. The predicted molar refractivity (Wildman–Crippen MR) is 81.3 cm³/mol. The predicted octanol–water partition coefficient (Wildman–Crippen LogP) is 3.93. The van der Waals surface area contributed by atoms with Gasteiger partial charge in [-0.2, -0.15) is 0 Å². The van der Waals surface area contributed by atoms with E-state index >= 15 is 0 Å². The van der Waals surface area contributed by atoms with E-state index in [0.29, 0.717) is 6.54 Å². The number of nitrogens with two attached hydrogens (primary N) is 1. The molecule has 1 heteroatoms. The van der Waals surface area contributed by atoms with Crippen molar-refractivity contribution in [3.63, 3.8) is 0 Å². The molecule has 0 bridgehead atoms. The van der Waals surface area contributed by atoms with E-state index in [9.17, 15) is 0 Å². The van der Waals surface area contributed by atoms with E-state index in [2.05, 4.69) is 66.7 Å². The van der Waals surface area contributed by atoms with E-state index in [1.165, 1.54) is 21.9 Å². The van der Waals surface area contributed by atoms with E-state index in [4.69, 9.17) is 5.73 Å². The van der Waals surface area contributed by atoms with Crippen molar-refractivity contribution in [2.75, 3.05) is 6.54 Å². The largest absolute Gasteiger partial charge is 0.330 e. The summed E-state index contributed by atoms with van der Waals surface area (Å²) in [5.41, 5.74) is 8.62. The Morgan fingerprint density at radius 3 is 2.21 bits per heavy atom. The van der Waals surface area contributed by atoms with E-state index in [1.807, 2.05) is 6.07 Å². The summed E-state index contributed by atoms with van der Waals surface area (Å²) in [5, 5.41) is 2.57. The molecule has 0 aromatic heterocycles. The molecule has 3 aromatic rings. The highest BCUT2D eigenvalue weighted by Gasteiger charge is 2.14. The minimum Gasteiger partial charge on any atom is -0.330 e. The Morgan fingerprint density at radius 2 is 1.42 bits per heavy atom. The highest BCUT2D eigenvalue weighted by molar-refractivity contribution is 5.86. The maximum absolute atomic E-state index is 6.03. The Hall–Kier alpha value is -2.12. The molecule has 0 saturated carbocycles. The lowest BCUT2D eigenvalue weighted by Gasteiger charge is -2.18. The third-order valence-electron chi connectivity index (χ3n) is 3.64. The maximum Gasteiger partial charge on any atom is 0.0218 e. The molecule has 0 aliphatic heterocycles. The van der Waals surface area contributed by atoms with Crippen LogP contribution in [-0.2, 0) is 0 Å². The van der Waals surface area contributed by atoms with Crippen molar-refractivity contribution in [3.8, 4) is 0 Å². The molecule has 0 radical (unpaired) electrons. The summed E-state index contributed by atoms with van der Waals surface area (Å²) in [6.07, 6.45) is 0. The molecule has 0 spiro atoms. The second kappa shape index (κ2) is 5.25. The standard InChI is InChI=1S/C18H17N/c19-13-18(15-7-2-1-3-8-15)17-12-6-10-14-9-4-5-11-16(14)17/h1-12,18H,13,19H2. The number of hydrogen-bond acceptors (Lipinski definition) is 1.